The average molecular weight is 315 g/mol. The highest BCUT2D eigenvalue weighted by Crippen LogP contribution is 2.25. The third kappa shape index (κ3) is 3.51. The van der Waals surface area contributed by atoms with Gasteiger partial charge in [-0.3, -0.25) is 4.79 Å². The molecule has 0 fully saturated rings. The number of carbonyl (C=O) groups is 1. The summed E-state index contributed by atoms with van der Waals surface area (Å²) in [6.07, 6.45) is 0.975. The molecule has 2 rings (SSSR count). The Morgan fingerprint density at radius 2 is 2.10 bits per heavy atom. The maximum absolute atomic E-state index is 11.8. The van der Waals surface area contributed by atoms with E-state index in [2.05, 4.69) is 5.10 Å². The number of hydrogen-bond acceptors (Lipinski definition) is 3. The van der Waals surface area contributed by atoms with Crippen LogP contribution in [-0.2, 0) is 4.79 Å². The van der Waals surface area contributed by atoms with Crippen molar-refractivity contribution in [2.75, 3.05) is 6.54 Å². The molecule has 1 N–H and O–H groups in total. The predicted molar refractivity (Wildman–Crippen MR) is 80.2 cm³/mol. The van der Waals surface area contributed by atoms with Crippen molar-refractivity contribution >= 4 is 34.8 Å². The number of rotatable bonds is 4. The molecular formula is C14H16Cl2N2O2. The molecule has 1 aromatic rings. The Morgan fingerprint density at radius 1 is 1.35 bits per heavy atom. The van der Waals surface area contributed by atoms with Crippen molar-refractivity contribution < 1.29 is 9.90 Å². The van der Waals surface area contributed by atoms with Crippen LogP contribution in [0.5, 0.6) is 0 Å². The summed E-state index contributed by atoms with van der Waals surface area (Å²) in [5, 5.41) is 16.3. The van der Waals surface area contributed by atoms with Crippen molar-refractivity contribution in [3.05, 3.63) is 33.8 Å². The van der Waals surface area contributed by atoms with Gasteiger partial charge in [0.05, 0.1) is 28.4 Å². The van der Waals surface area contributed by atoms with E-state index in [1.165, 1.54) is 5.01 Å². The third-order valence-corrected chi connectivity index (χ3v) is 3.95. The van der Waals surface area contributed by atoms with Crippen LogP contribution in [0.4, 0.5) is 0 Å². The molecule has 1 amide bonds. The van der Waals surface area contributed by atoms with Gasteiger partial charge in [0.15, 0.2) is 0 Å². The lowest BCUT2D eigenvalue weighted by Crippen LogP contribution is -2.37. The number of benzene rings is 1. The monoisotopic (exact) mass is 314 g/mol. The Bertz CT molecular complexity index is 546. The summed E-state index contributed by atoms with van der Waals surface area (Å²) in [5.74, 6) is -0.0682. The van der Waals surface area contributed by atoms with Crippen molar-refractivity contribution in [3.63, 3.8) is 0 Å². The highest BCUT2D eigenvalue weighted by atomic mass is 35.5. The van der Waals surface area contributed by atoms with E-state index in [-0.39, 0.29) is 12.5 Å². The van der Waals surface area contributed by atoms with Crippen molar-refractivity contribution in [3.8, 4) is 0 Å². The van der Waals surface area contributed by atoms with Crippen molar-refractivity contribution in [1.82, 2.24) is 5.01 Å². The molecule has 0 spiro atoms. The number of β-amino-alcohol motifs (C(OH)–C–C–N with tert-alkyl or cyclic N) is 1. The molecule has 0 saturated carbocycles. The summed E-state index contributed by atoms with van der Waals surface area (Å²) >= 11 is 11.9. The van der Waals surface area contributed by atoms with E-state index in [0.29, 0.717) is 29.3 Å². The van der Waals surface area contributed by atoms with Gasteiger partial charge < -0.3 is 5.11 Å². The quantitative estimate of drug-likeness (QED) is 0.928. The van der Waals surface area contributed by atoms with E-state index in [1.54, 1.807) is 12.1 Å². The minimum atomic E-state index is -0.559. The summed E-state index contributed by atoms with van der Waals surface area (Å²) < 4.78 is 0. The van der Waals surface area contributed by atoms with E-state index < -0.39 is 6.10 Å². The van der Waals surface area contributed by atoms with Gasteiger partial charge in [-0.05, 0) is 24.1 Å². The van der Waals surface area contributed by atoms with Gasteiger partial charge in [0.25, 0.3) is 0 Å². The van der Waals surface area contributed by atoms with E-state index in [9.17, 15) is 9.90 Å². The second-order valence-electron chi connectivity index (χ2n) is 4.71. The van der Waals surface area contributed by atoms with Gasteiger partial charge in [0, 0.05) is 12.8 Å². The van der Waals surface area contributed by atoms with Crippen LogP contribution in [0.1, 0.15) is 31.7 Å². The number of hydrogen-bond donors (Lipinski definition) is 1. The molecule has 0 aliphatic carbocycles. The maximum Gasteiger partial charge on any atom is 0.243 e. The third-order valence-electron chi connectivity index (χ3n) is 3.21. The Morgan fingerprint density at radius 3 is 2.75 bits per heavy atom. The number of amides is 1. The smallest absolute Gasteiger partial charge is 0.243 e. The van der Waals surface area contributed by atoms with Gasteiger partial charge >= 0.3 is 0 Å². The second-order valence-corrected chi connectivity index (χ2v) is 5.53. The molecular weight excluding hydrogens is 299 g/mol. The molecule has 1 heterocycles. The fourth-order valence-electron chi connectivity index (χ4n) is 1.95. The van der Waals surface area contributed by atoms with Crippen LogP contribution in [-0.4, -0.2) is 34.4 Å². The minimum absolute atomic E-state index is 0.0682. The zero-order valence-electron chi connectivity index (χ0n) is 11.1. The molecule has 4 nitrogen and oxygen atoms in total. The molecule has 1 aliphatic rings. The van der Waals surface area contributed by atoms with Crippen molar-refractivity contribution in [2.45, 2.75) is 32.3 Å². The van der Waals surface area contributed by atoms with Gasteiger partial charge in [-0.25, -0.2) is 5.01 Å². The molecule has 1 atom stereocenters. The SMILES string of the molecule is CCC(O)CN1N=C(c2ccc(Cl)c(Cl)c2)CCC1=O. The molecule has 0 radical (unpaired) electrons. The molecule has 1 aliphatic heterocycles. The lowest BCUT2D eigenvalue weighted by atomic mass is 10.0. The molecule has 0 bridgehead atoms. The second kappa shape index (κ2) is 6.57. The normalized spacial score (nSPS) is 17.1. The van der Waals surface area contributed by atoms with E-state index in [1.807, 2.05) is 13.0 Å². The molecule has 0 saturated heterocycles. The highest BCUT2D eigenvalue weighted by Gasteiger charge is 2.23. The summed E-state index contributed by atoms with van der Waals surface area (Å²) in [6.45, 7) is 2.09. The topological polar surface area (TPSA) is 52.9 Å². The van der Waals surface area contributed by atoms with Crippen LogP contribution in [0.15, 0.2) is 23.3 Å². The number of carbonyl (C=O) groups excluding carboxylic acids is 1. The maximum atomic E-state index is 11.8. The van der Waals surface area contributed by atoms with Gasteiger partial charge in [-0.2, -0.15) is 5.10 Å². The zero-order valence-corrected chi connectivity index (χ0v) is 12.7. The van der Waals surface area contributed by atoms with Crippen LogP contribution in [0.2, 0.25) is 10.0 Å². The first kappa shape index (κ1) is 15.3. The van der Waals surface area contributed by atoms with Crippen molar-refractivity contribution in [2.24, 2.45) is 5.10 Å². The van der Waals surface area contributed by atoms with Gasteiger partial charge in [0.1, 0.15) is 0 Å². The predicted octanol–water partition coefficient (Wildman–Crippen LogP) is 3.09. The Hall–Kier alpha value is -1.10. The number of aliphatic hydroxyl groups excluding tert-OH is 1. The fourth-order valence-corrected chi connectivity index (χ4v) is 2.25. The van der Waals surface area contributed by atoms with Crippen LogP contribution in [0.25, 0.3) is 0 Å². The van der Waals surface area contributed by atoms with Crippen LogP contribution in [0.3, 0.4) is 0 Å². The summed E-state index contributed by atoms with van der Waals surface area (Å²) in [6, 6.07) is 5.29. The largest absolute Gasteiger partial charge is 0.391 e. The zero-order chi connectivity index (χ0) is 14.7. The van der Waals surface area contributed by atoms with E-state index >= 15 is 0 Å². The lowest BCUT2D eigenvalue weighted by molar-refractivity contribution is -0.133. The number of aliphatic hydroxyl groups is 1. The first-order valence-corrected chi connectivity index (χ1v) is 7.28. The standard InChI is InChI=1S/C14H16Cl2N2O2/c1-2-10(19)8-18-14(20)6-5-13(17-18)9-3-4-11(15)12(16)7-9/h3-4,7,10,19H,2,5-6,8H2,1H3. The molecule has 20 heavy (non-hydrogen) atoms. The lowest BCUT2D eigenvalue weighted by Gasteiger charge is -2.25. The molecule has 108 valence electrons. The molecule has 0 aromatic heterocycles. The summed E-state index contributed by atoms with van der Waals surface area (Å²) in [5.41, 5.74) is 1.63. The number of nitrogens with zero attached hydrogens (tertiary/aromatic N) is 2. The van der Waals surface area contributed by atoms with Crippen LogP contribution >= 0.6 is 23.2 Å². The highest BCUT2D eigenvalue weighted by molar-refractivity contribution is 6.42. The summed E-state index contributed by atoms with van der Waals surface area (Å²) in [7, 11) is 0. The Labute approximate surface area is 128 Å². The van der Waals surface area contributed by atoms with Crippen LogP contribution in [0, 0.1) is 0 Å². The van der Waals surface area contributed by atoms with Gasteiger partial charge in [-0.1, -0.05) is 36.2 Å². The summed E-state index contributed by atoms with van der Waals surface area (Å²) in [4.78, 5) is 11.8. The molecule has 1 aromatic carbocycles. The van der Waals surface area contributed by atoms with Crippen molar-refractivity contribution in [1.29, 1.82) is 0 Å². The van der Waals surface area contributed by atoms with Gasteiger partial charge in [-0.15, -0.1) is 0 Å². The average Bonchev–Trinajstić information content (AvgIpc) is 2.44. The van der Waals surface area contributed by atoms with Crippen LogP contribution < -0.4 is 0 Å². The first-order chi connectivity index (χ1) is 9.51. The molecule has 6 heteroatoms. The first-order valence-electron chi connectivity index (χ1n) is 6.52. The van der Waals surface area contributed by atoms with E-state index in [0.717, 1.165) is 11.3 Å². The van der Waals surface area contributed by atoms with E-state index in [4.69, 9.17) is 23.2 Å². The molecule has 1 unspecified atom stereocenters. The Kier molecular flexibility index (Phi) is 5.02. The number of halogens is 2. The Balaban J connectivity index is 2.24. The minimum Gasteiger partial charge on any atom is -0.391 e. The van der Waals surface area contributed by atoms with Gasteiger partial charge in [0.2, 0.25) is 5.91 Å². The number of hydrazone groups is 1. The fraction of sp³-hybridized carbons (Fsp3) is 0.429.